The molecular weight excluding hydrogens is 462 g/mol. The van der Waals surface area contributed by atoms with Crippen molar-refractivity contribution < 1.29 is 4.79 Å². The Morgan fingerprint density at radius 3 is 2.63 bits per heavy atom. The van der Waals surface area contributed by atoms with Gasteiger partial charge in [-0.05, 0) is 60.2 Å². The average Bonchev–Trinajstić information content (AvgIpc) is 3.70. The topological polar surface area (TPSA) is 98.0 Å². The van der Waals surface area contributed by atoms with Gasteiger partial charge in [-0.25, -0.2) is 9.97 Å². The van der Waals surface area contributed by atoms with Crippen LogP contribution in [-0.4, -0.2) is 56.8 Å². The summed E-state index contributed by atoms with van der Waals surface area (Å²) in [5, 5.41) is 12.4. The van der Waals surface area contributed by atoms with Crippen molar-refractivity contribution in [2.24, 2.45) is 0 Å². The van der Waals surface area contributed by atoms with Crippen LogP contribution in [0.2, 0.25) is 0 Å². The van der Waals surface area contributed by atoms with Crippen LogP contribution in [-0.2, 0) is 11.3 Å². The van der Waals surface area contributed by atoms with Gasteiger partial charge in [0.25, 0.3) is 0 Å². The lowest BCUT2D eigenvalue weighted by molar-refractivity contribution is -0.130. The van der Waals surface area contributed by atoms with Gasteiger partial charge in [0.1, 0.15) is 11.6 Å². The van der Waals surface area contributed by atoms with Gasteiger partial charge in [0.05, 0.1) is 17.3 Å². The number of carbonyl (C=O) groups is 1. The van der Waals surface area contributed by atoms with Crippen molar-refractivity contribution in [1.82, 2.24) is 24.8 Å². The van der Waals surface area contributed by atoms with Gasteiger partial charge in [-0.1, -0.05) is 0 Å². The standard InChI is InChI=1S/C26H27N7O.ClH/c1-18(34)33-8-6-32(7-9-33)17-20-10-23(16-28-15-20)24-12-22(21-2-3-21)13-26(30-24)31-25-11-19(14-27)4-5-29-25;/h4-5,10-13,15-16,21H,2-3,6-9,17H2,1H3,(H,29,30,31);1H. The lowest BCUT2D eigenvalue weighted by Gasteiger charge is -2.34. The highest BCUT2D eigenvalue weighted by Gasteiger charge is 2.25. The maximum atomic E-state index is 11.6. The monoisotopic (exact) mass is 489 g/mol. The number of amides is 1. The predicted molar refractivity (Wildman–Crippen MR) is 136 cm³/mol. The molecule has 0 unspecified atom stereocenters. The maximum absolute atomic E-state index is 11.6. The molecule has 1 N–H and O–H groups in total. The first-order chi connectivity index (χ1) is 16.6. The molecule has 0 radical (unpaired) electrons. The lowest BCUT2D eigenvalue weighted by atomic mass is 10.1. The minimum atomic E-state index is 0. The Balaban J connectivity index is 0.00000289. The number of nitriles is 1. The Bertz CT molecular complexity index is 1250. The summed E-state index contributed by atoms with van der Waals surface area (Å²) in [5.74, 6) is 2.02. The van der Waals surface area contributed by atoms with Crippen molar-refractivity contribution in [2.45, 2.75) is 32.2 Å². The Kier molecular flexibility index (Phi) is 7.59. The molecule has 8 nitrogen and oxygen atoms in total. The van der Waals surface area contributed by atoms with E-state index < -0.39 is 0 Å². The Morgan fingerprint density at radius 2 is 1.91 bits per heavy atom. The number of rotatable bonds is 6. The van der Waals surface area contributed by atoms with E-state index in [9.17, 15) is 10.1 Å². The fraction of sp³-hybridized carbons (Fsp3) is 0.346. The zero-order valence-electron chi connectivity index (χ0n) is 19.6. The largest absolute Gasteiger partial charge is 0.340 e. The highest BCUT2D eigenvalue weighted by Crippen LogP contribution is 2.42. The number of aromatic nitrogens is 3. The number of nitrogens with zero attached hydrogens (tertiary/aromatic N) is 6. The van der Waals surface area contributed by atoms with E-state index in [1.807, 2.05) is 17.3 Å². The van der Waals surface area contributed by atoms with E-state index in [0.717, 1.165) is 49.5 Å². The number of anilines is 2. The van der Waals surface area contributed by atoms with Crippen LogP contribution < -0.4 is 5.32 Å². The first kappa shape index (κ1) is 24.6. The zero-order valence-corrected chi connectivity index (χ0v) is 20.5. The molecule has 5 rings (SSSR count). The van der Waals surface area contributed by atoms with Crippen LogP contribution in [0.4, 0.5) is 11.6 Å². The first-order valence-corrected chi connectivity index (χ1v) is 11.6. The van der Waals surface area contributed by atoms with E-state index in [0.29, 0.717) is 23.1 Å². The lowest BCUT2D eigenvalue weighted by Crippen LogP contribution is -2.47. The third-order valence-electron chi connectivity index (χ3n) is 6.36. The molecule has 2 fully saturated rings. The van der Waals surface area contributed by atoms with Crippen molar-refractivity contribution in [3.05, 3.63) is 65.6 Å². The van der Waals surface area contributed by atoms with Gasteiger partial charge < -0.3 is 10.2 Å². The Labute approximate surface area is 211 Å². The summed E-state index contributed by atoms with van der Waals surface area (Å²) >= 11 is 0. The van der Waals surface area contributed by atoms with Crippen LogP contribution in [0.5, 0.6) is 0 Å². The van der Waals surface area contributed by atoms with Gasteiger partial charge in [0.15, 0.2) is 0 Å². The molecule has 3 aromatic heterocycles. The molecule has 0 atom stereocenters. The van der Waals surface area contributed by atoms with E-state index in [4.69, 9.17) is 4.98 Å². The number of halogens is 1. The Morgan fingerprint density at radius 1 is 1.11 bits per heavy atom. The van der Waals surface area contributed by atoms with E-state index in [1.165, 1.54) is 18.4 Å². The van der Waals surface area contributed by atoms with Crippen LogP contribution in [0.1, 0.15) is 42.4 Å². The summed E-state index contributed by atoms with van der Waals surface area (Å²) < 4.78 is 0. The highest BCUT2D eigenvalue weighted by atomic mass is 35.5. The fourth-order valence-corrected chi connectivity index (χ4v) is 4.31. The van der Waals surface area contributed by atoms with E-state index in [-0.39, 0.29) is 18.3 Å². The molecule has 1 aliphatic carbocycles. The molecule has 180 valence electrons. The molecule has 9 heteroatoms. The minimum absolute atomic E-state index is 0. The SMILES string of the molecule is CC(=O)N1CCN(Cc2cncc(-c3cc(C4CC4)cc(Nc4cc(C#N)ccn4)n3)c2)CC1.Cl. The Hall–Kier alpha value is -3.54. The summed E-state index contributed by atoms with van der Waals surface area (Å²) in [4.78, 5) is 29.5. The molecule has 0 spiro atoms. The summed E-state index contributed by atoms with van der Waals surface area (Å²) in [7, 11) is 0. The van der Waals surface area contributed by atoms with Crippen molar-refractivity contribution in [2.75, 3.05) is 31.5 Å². The third-order valence-corrected chi connectivity index (χ3v) is 6.36. The molecule has 0 aromatic carbocycles. The summed E-state index contributed by atoms with van der Waals surface area (Å²) in [6.45, 7) is 5.69. The summed E-state index contributed by atoms with van der Waals surface area (Å²) in [6.07, 6.45) is 7.76. The fourth-order valence-electron chi connectivity index (χ4n) is 4.31. The second-order valence-corrected chi connectivity index (χ2v) is 8.98. The molecular formula is C26H28ClN7O. The number of nitrogens with one attached hydrogen (secondary N) is 1. The van der Waals surface area contributed by atoms with Gasteiger partial charge in [-0.2, -0.15) is 5.26 Å². The van der Waals surface area contributed by atoms with E-state index in [2.05, 4.69) is 44.5 Å². The third kappa shape index (κ3) is 6.13. The number of piperazine rings is 1. The first-order valence-electron chi connectivity index (χ1n) is 11.6. The molecule has 1 aliphatic heterocycles. The quantitative estimate of drug-likeness (QED) is 0.556. The maximum Gasteiger partial charge on any atom is 0.219 e. The second-order valence-electron chi connectivity index (χ2n) is 8.98. The summed E-state index contributed by atoms with van der Waals surface area (Å²) in [5.41, 5.74) is 4.79. The number of hydrogen-bond acceptors (Lipinski definition) is 7. The molecule has 2 aliphatic rings. The molecule has 1 saturated carbocycles. The smallest absolute Gasteiger partial charge is 0.219 e. The van der Waals surface area contributed by atoms with Gasteiger partial charge >= 0.3 is 0 Å². The van der Waals surface area contributed by atoms with Gasteiger partial charge in [0, 0.05) is 63.8 Å². The molecule has 4 heterocycles. The van der Waals surface area contributed by atoms with Crippen LogP contribution in [0.3, 0.4) is 0 Å². The molecule has 1 saturated heterocycles. The van der Waals surface area contributed by atoms with E-state index >= 15 is 0 Å². The average molecular weight is 490 g/mol. The zero-order chi connectivity index (χ0) is 23.5. The molecule has 1 amide bonds. The molecule has 3 aromatic rings. The van der Waals surface area contributed by atoms with Crippen LogP contribution in [0.15, 0.2) is 48.9 Å². The normalized spacial score (nSPS) is 15.7. The van der Waals surface area contributed by atoms with E-state index in [1.54, 1.807) is 25.3 Å². The van der Waals surface area contributed by atoms with Gasteiger partial charge in [0.2, 0.25) is 5.91 Å². The number of carbonyl (C=O) groups excluding carboxylic acids is 1. The van der Waals surface area contributed by atoms with Crippen LogP contribution in [0.25, 0.3) is 11.3 Å². The van der Waals surface area contributed by atoms with Crippen molar-refractivity contribution >= 4 is 29.9 Å². The van der Waals surface area contributed by atoms with Crippen LogP contribution in [0, 0.1) is 11.3 Å². The van der Waals surface area contributed by atoms with Gasteiger partial charge in [-0.3, -0.25) is 14.7 Å². The van der Waals surface area contributed by atoms with Crippen LogP contribution >= 0.6 is 12.4 Å². The van der Waals surface area contributed by atoms with Gasteiger partial charge in [-0.15, -0.1) is 12.4 Å². The van der Waals surface area contributed by atoms with Crippen molar-refractivity contribution in [3.8, 4) is 17.3 Å². The highest BCUT2D eigenvalue weighted by molar-refractivity contribution is 5.85. The summed E-state index contributed by atoms with van der Waals surface area (Å²) in [6, 6.07) is 11.9. The minimum Gasteiger partial charge on any atom is -0.340 e. The number of pyridine rings is 3. The predicted octanol–water partition coefficient (Wildman–Crippen LogP) is 4.12. The second kappa shape index (κ2) is 10.8. The molecule has 0 bridgehead atoms. The van der Waals surface area contributed by atoms with Crippen molar-refractivity contribution in [3.63, 3.8) is 0 Å². The molecule has 35 heavy (non-hydrogen) atoms. The van der Waals surface area contributed by atoms with Crippen molar-refractivity contribution in [1.29, 1.82) is 5.26 Å². The number of hydrogen-bond donors (Lipinski definition) is 1.